The van der Waals surface area contributed by atoms with Crippen LogP contribution in [0.5, 0.6) is 0 Å². The third kappa shape index (κ3) is 1.65. The van der Waals surface area contributed by atoms with Crippen LogP contribution in [0.15, 0.2) is 43.0 Å². The van der Waals surface area contributed by atoms with Gasteiger partial charge in [-0.15, -0.1) is 0 Å². The van der Waals surface area contributed by atoms with Crippen LogP contribution in [0.25, 0.3) is 0 Å². The van der Waals surface area contributed by atoms with Crippen molar-refractivity contribution in [3.63, 3.8) is 0 Å². The molecule has 0 saturated heterocycles. The zero-order chi connectivity index (χ0) is 12.4. The lowest BCUT2D eigenvalue weighted by Crippen LogP contribution is -2.32. The van der Waals surface area contributed by atoms with Crippen molar-refractivity contribution >= 4 is 0 Å². The summed E-state index contributed by atoms with van der Waals surface area (Å²) in [7, 11) is 0. The fraction of sp³-hybridized carbons (Fsp3) is 0.467. The van der Waals surface area contributed by atoms with E-state index in [2.05, 4.69) is 52.0 Å². The third-order valence-electron chi connectivity index (χ3n) is 4.47. The third-order valence-corrected chi connectivity index (χ3v) is 4.47. The molecule has 0 spiro atoms. The number of aromatic nitrogens is 3. The molecule has 1 aromatic carbocycles. The second kappa shape index (κ2) is 4.56. The van der Waals surface area contributed by atoms with Gasteiger partial charge in [0.1, 0.15) is 12.7 Å². The molecule has 2 aromatic rings. The van der Waals surface area contributed by atoms with Crippen LogP contribution in [-0.2, 0) is 5.41 Å². The normalized spacial score (nSPS) is 27.5. The topological polar surface area (TPSA) is 30.7 Å². The molecule has 94 valence electrons. The van der Waals surface area contributed by atoms with E-state index in [9.17, 15) is 0 Å². The average Bonchev–Trinajstić information content (AvgIpc) is 3.09. The number of rotatable bonds is 3. The lowest BCUT2D eigenvalue weighted by atomic mass is 9.74. The number of hydrogen-bond acceptors (Lipinski definition) is 2. The maximum absolute atomic E-state index is 4.37. The van der Waals surface area contributed by atoms with Crippen LogP contribution < -0.4 is 0 Å². The highest BCUT2D eigenvalue weighted by molar-refractivity contribution is 5.28. The van der Waals surface area contributed by atoms with Gasteiger partial charge in [-0.2, -0.15) is 5.10 Å². The molecule has 1 aliphatic rings. The van der Waals surface area contributed by atoms with Gasteiger partial charge in [-0.25, -0.2) is 9.67 Å². The summed E-state index contributed by atoms with van der Waals surface area (Å²) >= 11 is 0. The number of benzene rings is 1. The zero-order valence-electron chi connectivity index (χ0n) is 10.8. The van der Waals surface area contributed by atoms with Crippen molar-refractivity contribution in [2.24, 2.45) is 0 Å². The van der Waals surface area contributed by atoms with Gasteiger partial charge in [-0.1, -0.05) is 43.7 Å². The van der Waals surface area contributed by atoms with Crippen LogP contribution in [0.2, 0.25) is 0 Å². The van der Waals surface area contributed by atoms with Crippen molar-refractivity contribution in [2.75, 3.05) is 0 Å². The number of hydrogen-bond donors (Lipinski definition) is 0. The predicted molar refractivity (Wildman–Crippen MR) is 71.3 cm³/mol. The first-order valence-corrected chi connectivity index (χ1v) is 6.76. The SMILES string of the molecule is CCC1(c2ccccc2)CCCC1n1cncn1. The van der Waals surface area contributed by atoms with E-state index in [1.165, 1.54) is 24.8 Å². The van der Waals surface area contributed by atoms with E-state index in [4.69, 9.17) is 0 Å². The summed E-state index contributed by atoms with van der Waals surface area (Å²) in [5.74, 6) is 0. The van der Waals surface area contributed by atoms with E-state index in [0.29, 0.717) is 6.04 Å². The summed E-state index contributed by atoms with van der Waals surface area (Å²) in [5.41, 5.74) is 1.68. The Balaban J connectivity index is 2.05. The van der Waals surface area contributed by atoms with Crippen molar-refractivity contribution in [1.29, 1.82) is 0 Å². The Hall–Kier alpha value is -1.64. The van der Waals surface area contributed by atoms with Crippen molar-refractivity contribution < 1.29 is 0 Å². The minimum atomic E-state index is 0.231. The van der Waals surface area contributed by atoms with Gasteiger partial charge in [0.25, 0.3) is 0 Å². The van der Waals surface area contributed by atoms with Crippen molar-refractivity contribution in [1.82, 2.24) is 14.8 Å². The highest BCUT2D eigenvalue weighted by Crippen LogP contribution is 2.50. The van der Waals surface area contributed by atoms with E-state index in [0.717, 1.165) is 6.42 Å². The molecule has 1 heterocycles. The van der Waals surface area contributed by atoms with E-state index < -0.39 is 0 Å². The molecular formula is C15H19N3. The zero-order valence-corrected chi connectivity index (χ0v) is 10.8. The standard InChI is InChI=1S/C15H19N3/c1-2-15(13-7-4-3-5-8-13)10-6-9-14(15)18-12-16-11-17-18/h3-5,7-8,11-12,14H,2,6,9-10H2,1H3. The van der Waals surface area contributed by atoms with E-state index >= 15 is 0 Å². The smallest absolute Gasteiger partial charge is 0.137 e. The summed E-state index contributed by atoms with van der Waals surface area (Å²) < 4.78 is 2.06. The summed E-state index contributed by atoms with van der Waals surface area (Å²) in [6.07, 6.45) is 8.38. The van der Waals surface area contributed by atoms with E-state index in [-0.39, 0.29) is 5.41 Å². The Morgan fingerprint density at radius 1 is 1.33 bits per heavy atom. The van der Waals surface area contributed by atoms with Crippen LogP contribution in [-0.4, -0.2) is 14.8 Å². The highest BCUT2D eigenvalue weighted by Gasteiger charge is 2.44. The first-order chi connectivity index (χ1) is 8.87. The van der Waals surface area contributed by atoms with Crippen LogP contribution in [0, 0.1) is 0 Å². The first kappa shape index (κ1) is 11.5. The van der Waals surface area contributed by atoms with Crippen LogP contribution in [0.4, 0.5) is 0 Å². The monoisotopic (exact) mass is 241 g/mol. The molecule has 3 nitrogen and oxygen atoms in total. The molecule has 0 bridgehead atoms. The average molecular weight is 241 g/mol. The highest BCUT2D eigenvalue weighted by atomic mass is 15.3. The Bertz CT molecular complexity index is 492. The van der Waals surface area contributed by atoms with Gasteiger partial charge in [0, 0.05) is 5.41 Å². The molecule has 0 N–H and O–H groups in total. The van der Waals surface area contributed by atoms with E-state index in [1.807, 2.05) is 6.33 Å². The van der Waals surface area contributed by atoms with Gasteiger partial charge in [0.05, 0.1) is 6.04 Å². The Kier molecular flexibility index (Phi) is 2.90. The Morgan fingerprint density at radius 3 is 2.83 bits per heavy atom. The predicted octanol–water partition coefficient (Wildman–Crippen LogP) is 3.35. The summed E-state index contributed by atoms with van der Waals surface area (Å²) in [6.45, 7) is 2.29. The van der Waals surface area contributed by atoms with Crippen molar-refractivity contribution in [2.45, 2.75) is 44.1 Å². The molecule has 3 heteroatoms. The second-order valence-electron chi connectivity index (χ2n) is 5.16. The van der Waals surface area contributed by atoms with Gasteiger partial charge < -0.3 is 0 Å². The molecule has 2 unspecified atom stereocenters. The van der Waals surface area contributed by atoms with Gasteiger partial charge in [0.15, 0.2) is 0 Å². The molecule has 1 aliphatic carbocycles. The molecule has 2 atom stereocenters. The van der Waals surface area contributed by atoms with E-state index in [1.54, 1.807) is 6.33 Å². The number of nitrogens with zero attached hydrogens (tertiary/aromatic N) is 3. The molecule has 1 saturated carbocycles. The molecule has 0 aliphatic heterocycles. The summed E-state index contributed by atoms with van der Waals surface area (Å²) in [6, 6.07) is 11.4. The molecule has 0 radical (unpaired) electrons. The largest absolute Gasteiger partial charge is 0.249 e. The first-order valence-electron chi connectivity index (χ1n) is 6.76. The lowest BCUT2D eigenvalue weighted by molar-refractivity contribution is 0.281. The minimum Gasteiger partial charge on any atom is -0.249 e. The van der Waals surface area contributed by atoms with Crippen LogP contribution in [0.1, 0.15) is 44.2 Å². The fourth-order valence-corrected chi connectivity index (χ4v) is 3.54. The maximum Gasteiger partial charge on any atom is 0.137 e. The quantitative estimate of drug-likeness (QED) is 0.825. The van der Waals surface area contributed by atoms with Crippen LogP contribution in [0.3, 0.4) is 0 Å². The van der Waals surface area contributed by atoms with Gasteiger partial charge in [-0.3, -0.25) is 0 Å². The van der Waals surface area contributed by atoms with Gasteiger partial charge in [0.2, 0.25) is 0 Å². The molecule has 3 rings (SSSR count). The molecule has 1 aromatic heterocycles. The van der Waals surface area contributed by atoms with Gasteiger partial charge in [-0.05, 0) is 24.8 Å². The minimum absolute atomic E-state index is 0.231. The lowest BCUT2D eigenvalue weighted by Gasteiger charge is -2.35. The molecule has 18 heavy (non-hydrogen) atoms. The molecular weight excluding hydrogens is 222 g/mol. The summed E-state index contributed by atoms with van der Waals surface area (Å²) in [5, 5.41) is 4.37. The van der Waals surface area contributed by atoms with Gasteiger partial charge >= 0.3 is 0 Å². The maximum atomic E-state index is 4.37. The van der Waals surface area contributed by atoms with Crippen molar-refractivity contribution in [3.05, 3.63) is 48.5 Å². The second-order valence-corrected chi connectivity index (χ2v) is 5.16. The Morgan fingerprint density at radius 2 is 2.17 bits per heavy atom. The molecule has 0 amide bonds. The van der Waals surface area contributed by atoms with Crippen molar-refractivity contribution in [3.8, 4) is 0 Å². The Labute approximate surface area is 108 Å². The molecule has 1 fully saturated rings. The summed E-state index contributed by atoms with van der Waals surface area (Å²) in [4.78, 5) is 4.11. The van der Waals surface area contributed by atoms with Crippen LogP contribution >= 0.6 is 0 Å². The fourth-order valence-electron chi connectivity index (χ4n) is 3.54.